The number of carbonyl (C=O) groups is 1. The smallest absolute Gasteiger partial charge is 0.224 e. The van der Waals surface area contributed by atoms with Crippen LogP contribution < -0.4 is 15.8 Å². The van der Waals surface area contributed by atoms with Crippen molar-refractivity contribution in [3.63, 3.8) is 0 Å². The number of rotatable bonds is 3. The van der Waals surface area contributed by atoms with Crippen LogP contribution in [0.1, 0.15) is 17.5 Å². The summed E-state index contributed by atoms with van der Waals surface area (Å²) >= 11 is 0. The lowest BCUT2D eigenvalue weighted by Gasteiger charge is -2.17. The third-order valence-electron chi connectivity index (χ3n) is 3.44. The van der Waals surface area contributed by atoms with E-state index in [1.54, 1.807) is 12.1 Å². The molecule has 2 aromatic rings. The fourth-order valence-electron chi connectivity index (χ4n) is 2.28. The fourth-order valence-corrected chi connectivity index (χ4v) is 2.28. The number of anilines is 2. The first kappa shape index (κ1) is 13.4. The Hall–Kier alpha value is -2.56. The molecule has 0 unspecified atom stereocenters. The number of halogens is 1. The molecule has 0 fully saturated rings. The number of nitrogen functional groups attached to an aromatic ring is 1. The summed E-state index contributed by atoms with van der Waals surface area (Å²) in [6, 6.07) is 10.1. The Balaban J connectivity index is 1.71. The second-order valence-corrected chi connectivity index (χ2v) is 5.01. The molecule has 0 aliphatic carbocycles. The van der Waals surface area contributed by atoms with Gasteiger partial charge in [-0.05, 0) is 47.9 Å². The van der Waals surface area contributed by atoms with Gasteiger partial charge >= 0.3 is 0 Å². The van der Waals surface area contributed by atoms with Gasteiger partial charge in [-0.3, -0.25) is 4.79 Å². The number of hydrogen-bond donors (Lipinski definition) is 2. The maximum Gasteiger partial charge on any atom is 0.224 e. The van der Waals surface area contributed by atoms with E-state index in [0.717, 1.165) is 11.3 Å². The summed E-state index contributed by atoms with van der Waals surface area (Å²) in [4.78, 5) is 11.3. The van der Waals surface area contributed by atoms with E-state index in [1.165, 1.54) is 12.1 Å². The fraction of sp³-hybridized carbons (Fsp3) is 0.188. The first-order chi connectivity index (χ1) is 10.1. The number of amides is 1. The number of ether oxygens (including phenoxy) is 1. The van der Waals surface area contributed by atoms with E-state index in [-0.39, 0.29) is 18.2 Å². The van der Waals surface area contributed by atoms with E-state index in [1.807, 2.05) is 12.1 Å². The third-order valence-corrected chi connectivity index (χ3v) is 3.44. The van der Waals surface area contributed by atoms with E-state index in [4.69, 9.17) is 10.5 Å². The number of benzene rings is 2. The molecule has 5 heteroatoms. The summed E-state index contributed by atoms with van der Waals surface area (Å²) < 4.78 is 19.0. The van der Waals surface area contributed by atoms with Crippen LogP contribution in [0.15, 0.2) is 36.4 Å². The van der Waals surface area contributed by atoms with Crippen molar-refractivity contribution in [3.8, 4) is 5.75 Å². The molecule has 21 heavy (non-hydrogen) atoms. The predicted octanol–water partition coefficient (Wildman–Crippen LogP) is 2.87. The van der Waals surface area contributed by atoms with Crippen LogP contribution in [0, 0.1) is 5.82 Å². The predicted molar refractivity (Wildman–Crippen MR) is 78.5 cm³/mol. The maximum atomic E-state index is 13.3. The Morgan fingerprint density at radius 3 is 2.86 bits per heavy atom. The largest absolute Gasteiger partial charge is 0.489 e. The van der Waals surface area contributed by atoms with Crippen LogP contribution >= 0.6 is 0 Å². The molecule has 1 heterocycles. The lowest BCUT2D eigenvalue weighted by molar-refractivity contribution is -0.116. The van der Waals surface area contributed by atoms with Gasteiger partial charge in [0.15, 0.2) is 0 Å². The molecule has 108 valence electrons. The number of carbonyl (C=O) groups excluding carboxylic acids is 1. The highest BCUT2D eigenvalue weighted by Gasteiger charge is 2.15. The molecule has 1 aliphatic heterocycles. The first-order valence-electron chi connectivity index (χ1n) is 6.71. The van der Waals surface area contributed by atoms with Crippen molar-refractivity contribution in [1.29, 1.82) is 0 Å². The number of nitrogens with one attached hydrogen (secondary N) is 1. The number of aryl methyl sites for hydroxylation is 1. The Labute approximate surface area is 121 Å². The van der Waals surface area contributed by atoms with Crippen LogP contribution in [0.25, 0.3) is 0 Å². The molecule has 0 saturated carbocycles. The monoisotopic (exact) mass is 286 g/mol. The second-order valence-electron chi connectivity index (χ2n) is 5.01. The van der Waals surface area contributed by atoms with Gasteiger partial charge in [0.05, 0.1) is 5.69 Å². The molecular formula is C16H15FN2O2. The molecule has 0 saturated heterocycles. The van der Waals surface area contributed by atoms with Crippen molar-refractivity contribution in [2.24, 2.45) is 0 Å². The van der Waals surface area contributed by atoms with Crippen molar-refractivity contribution in [3.05, 3.63) is 53.3 Å². The molecule has 2 aromatic carbocycles. The zero-order chi connectivity index (χ0) is 14.8. The van der Waals surface area contributed by atoms with E-state index in [0.29, 0.717) is 24.2 Å². The first-order valence-corrected chi connectivity index (χ1v) is 6.71. The zero-order valence-corrected chi connectivity index (χ0v) is 11.4. The van der Waals surface area contributed by atoms with Crippen LogP contribution in [0.2, 0.25) is 0 Å². The molecule has 0 atom stereocenters. The molecule has 4 nitrogen and oxygen atoms in total. The lowest BCUT2D eigenvalue weighted by atomic mass is 10.0. The van der Waals surface area contributed by atoms with Gasteiger partial charge in [0.25, 0.3) is 0 Å². The summed E-state index contributed by atoms with van der Waals surface area (Å²) in [6.07, 6.45) is 1.19. The van der Waals surface area contributed by atoms with E-state index < -0.39 is 5.82 Å². The third kappa shape index (κ3) is 2.97. The summed E-state index contributed by atoms with van der Waals surface area (Å²) in [5, 5.41) is 2.82. The Morgan fingerprint density at radius 2 is 2.05 bits per heavy atom. The minimum atomic E-state index is -0.441. The second kappa shape index (κ2) is 5.44. The van der Waals surface area contributed by atoms with Crippen LogP contribution in [0.4, 0.5) is 15.8 Å². The number of nitrogens with two attached hydrogens (primary N) is 1. The summed E-state index contributed by atoms with van der Waals surface area (Å²) in [7, 11) is 0. The van der Waals surface area contributed by atoms with Crippen LogP contribution in [-0.4, -0.2) is 5.91 Å². The Kier molecular flexibility index (Phi) is 3.48. The number of fused-ring (bicyclic) bond motifs is 1. The molecule has 1 amide bonds. The molecule has 3 rings (SSSR count). The van der Waals surface area contributed by atoms with Crippen LogP contribution in [0.3, 0.4) is 0 Å². The highest BCUT2D eigenvalue weighted by molar-refractivity contribution is 5.93. The van der Waals surface area contributed by atoms with Crippen molar-refractivity contribution in [2.45, 2.75) is 19.4 Å². The van der Waals surface area contributed by atoms with Crippen LogP contribution in [-0.2, 0) is 17.8 Å². The van der Waals surface area contributed by atoms with Gasteiger partial charge in [-0.15, -0.1) is 0 Å². The van der Waals surface area contributed by atoms with Gasteiger partial charge in [0.1, 0.15) is 18.2 Å². The molecule has 0 radical (unpaired) electrons. The molecule has 3 N–H and O–H groups in total. The van der Waals surface area contributed by atoms with E-state index in [2.05, 4.69) is 5.32 Å². The van der Waals surface area contributed by atoms with Gasteiger partial charge in [0, 0.05) is 12.1 Å². The molecule has 0 aromatic heterocycles. The van der Waals surface area contributed by atoms with Gasteiger partial charge in [-0.1, -0.05) is 6.07 Å². The van der Waals surface area contributed by atoms with Gasteiger partial charge in [-0.2, -0.15) is 0 Å². The van der Waals surface area contributed by atoms with Crippen molar-refractivity contribution in [1.82, 2.24) is 0 Å². The van der Waals surface area contributed by atoms with Crippen molar-refractivity contribution >= 4 is 17.3 Å². The topological polar surface area (TPSA) is 64.3 Å². The van der Waals surface area contributed by atoms with E-state index >= 15 is 0 Å². The summed E-state index contributed by atoms with van der Waals surface area (Å²) in [5.74, 6) is 0.292. The lowest BCUT2D eigenvalue weighted by Crippen LogP contribution is -2.18. The summed E-state index contributed by atoms with van der Waals surface area (Å²) in [5.41, 5.74) is 8.16. The minimum absolute atomic E-state index is 0.0357. The molecular weight excluding hydrogens is 271 g/mol. The molecule has 1 aliphatic rings. The highest BCUT2D eigenvalue weighted by Crippen LogP contribution is 2.27. The molecule has 0 spiro atoms. The van der Waals surface area contributed by atoms with E-state index in [9.17, 15) is 9.18 Å². The van der Waals surface area contributed by atoms with Crippen molar-refractivity contribution < 1.29 is 13.9 Å². The van der Waals surface area contributed by atoms with Gasteiger partial charge in [-0.25, -0.2) is 4.39 Å². The van der Waals surface area contributed by atoms with Crippen molar-refractivity contribution in [2.75, 3.05) is 11.1 Å². The quantitative estimate of drug-likeness (QED) is 0.853. The SMILES string of the molecule is Nc1ccc(COc2ccc3c(c2)CCC(=O)N3)cc1F. The average molecular weight is 286 g/mol. The standard InChI is InChI=1S/C16H15FN2O2/c17-13-7-10(1-4-14(13)18)9-21-12-3-5-15-11(8-12)2-6-16(20)19-15/h1,3-5,7-8H,2,6,9,18H2,(H,19,20). The summed E-state index contributed by atoms with van der Waals surface area (Å²) in [6.45, 7) is 0.266. The highest BCUT2D eigenvalue weighted by atomic mass is 19.1. The minimum Gasteiger partial charge on any atom is -0.489 e. The zero-order valence-electron chi connectivity index (χ0n) is 11.4. The maximum absolute atomic E-state index is 13.3. The number of hydrogen-bond acceptors (Lipinski definition) is 3. The average Bonchev–Trinajstić information content (AvgIpc) is 2.48. The van der Waals surface area contributed by atoms with Gasteiger partial charge < -0.3 is 15.8 Å². The Bertz CT molecular complexity index is 701. The normalized spacial score (nSPS) is 13.5. The van der Waals surface area contributed by atoms with Gasteiger partial charge in [0.2, 0.25) is 5.91 Å². The molecule has 0 bridgehead atoms. The Morgan fingerprint density at radius 1 is 1.19 bits per heavy atom. The van der Waals surface area contributed by atoms with Crippen LogP contribution in [0.5, 0.6) is 5.75 Å².